The number of benzene rings is 2. The second-order valence-corrected chi connectivity index (χ2v) is 11.1. The summed E-state index contributed by atoms with van der Waals surface area (Å²) >= 11 is 0. The molecule has 5 aromatic rings. The maximum absolute atomic E-state index is 13.1. The number of amides is 2. The number of fused-ring (bicyclic) bond motifs is 1. The van der Waals surface area contributed by atoms with Gasteiger partial charge in [0.1, 0.15) is 17.3 Å². The van der Waals surface area contributed by atoms with Crippen LogP contribution in [0.3, 0.4) is 0 Å². The number of pyridine rings is 2. The first kappa shape index (κ1) is 27.5. The number of aromatic nitrogens is 4. The highest BCUT2D eigenvalue weighted by Gasteiger charge is 2.50. The molecule has 1 spiro atoms. The number of halogens is 1. The van der Waals surface area contributed by atoms with Crippen LogP contribution >= 0.6 is 0 Å². The number of ether oxygens (including phenoxy) is 2. The summed E-state index contributed by atoms with van der Waals surface area (Å²) in [5.74, 6) is 0.187. The molecule has 12 heteroatoms. The van der Waals surface area contributed by atoms with Crippen LogP contribution in [0.1, 0.15) is 26.4 Å². The van der Waals surface area contributed by atoms with Crippen LogP contribution in [0.5, 0.6) is 5.75 Å². The van der Waals surface area contributed by atoms with Crippen molar-refractivity contribution in [2.24, 2.45) is 5.41 Å². The van der Waals surface area contributed by atoms with E-state index in [1.165, 1.54) is 12.1 Å². The van der Waals surface area contributed by atoms with Crippen molar-refractivity contribution in [1.82, 2.24) is 29.8 Å². The Bertz CT molecular complexity index is 1860. The van der Waals surface area contributed by atoms with Gasteiger partial charge in [0.05, 0.1) is 31.4 Å². The summed E-state index contributed by atoms with van der Waals surface area (Å²) in [5.41, 5.74) is 4.65. The van der Waals surface area contributed by atoms with Gasteiger partial charge in [-0.2, -0.15) is 4.98 Å². The van der Waals surface area contributed by atoms with E-state index < -0.39 is 0 Å². The average Bonchev–Trinajstić information content (AvgIpc) is 3.41. The summed E-state index contributed by atoms with van der Waals surface area (Å²) in [7, 11) is 1.55. The fourth-order valence-corrected chi connectivity index (χ4v) is 5.39. The van der Waals surface area contributed by atoms with Gasteiger partial charge in [-0.05, 0) is 54.1 Å². The Balaban J connectivity index is 1.01. The molecule has 2 N–H and O–H groups in total. The molecule has 2 aliphatic heterocycles. The zero-order chi connectivity index (χ0) is 30.3. The maximum atomic E-state index is 13.1. The molecule has 2 fully saturated rings. The lowest BCUT2D eigenvalue weighted by atomic mass is 9.78. The van der Waals surface area contributed by atoms with Crippen LogP contribution in [-0.4, -0.2) is 69.7 Å². The predicted molar refractivity (Wildman–Crippen MR) is 159 cm³/mol. The Morgan fingerprint density at radius 1 is 1.02 bits per heavy atom. The molecule has 0 unspecified atom stereocenters. The van der Waals surface area contributed by atoms with E-state index in [1.807, 2.05) is 29.3 Å². The fraction of sp³-hybridized carbons (Fsp3) is 0.219. The van der Waals surface area contributed by atoms with Crippen LogP contribution in [0.2, 0.25) is 0 Å². The molecule has 2 aromatic carbocycles. The molecule has 5 heterocycles. The minimum atomic E-state index is -0.325. The molecule has 222 valence electrons. The molecule has 2 amide bonds. The fourth-order valence-electron chi connectivity index (χ4n) is 5.39. The maximum Gasteiger partial charge on any atom is 0.270 e. The third-order valence-corrected chi connectivity index (χ3v) is 7.88. The lowest BCUT2D eigenvalue weighted by Crippen LogP contribution is -2.67. The van der Waals surface area contributed by atoms with Crippen molar-refractivity contribution >= 4 is 29.1 Å². The van der Waals surface area contributed by atoms with Gasteiger partial charge in [-0.25, -0.2) is 8.91 Å². The molecule has 7 rings (SSSR count). The number of carbonyl (C=O) groups excluding carboxylic acids is 2. The number of nitrogens with one attached hydrogen (secondary N) is 2. The summed E-state index contributed by atoms with van der Waals surface area (Å²) < 4.78 is 25.6. The second kappa shape index (κ2) is 11.0. The molecule has 11 nitrogen and oxygen atoms in total. The largest absolute Gasteiger partial charge is 0.495 e. The second-order valence-electron chi connectivity index (χ2n) is 11.1. The van der Waals surface area contributed by atoms with Gasteiger partial charge in [-0.3, -0.25) is 14.6 Å². The standard InChI is InChI=1S/C32H28FN7O4/c1-43-27-12-21(30(42)39-16-32(17-39)18-44-19-32)4-9-25(27)36-31-37-28-11-6-23(15-40(28)38-31)22-5-10-26(34-14-22)29(41)35-13-20-2-7-24(33)8-3-20/h2-12,14-15H,13,16-19H2,1H3,(H,35,41)(H,36,38). The van der Waals surface area contributed by atoms with Gasteiger partial charge in [0.15, 0.2) is 5.65 Å². The number of nitrogens with zero attached hydrogens (tertiary/aromatic N) is 5. The first-order valence-electron chi connectivity index (χ1n) is 14.1. The van der Waals surface area contributed by atoms with Crippen molar-refractivity contribution in [3.63, 3.8) is 0 Å². The topological polar surface area (TPSA) is 123 Å². The monoisotopic (exact) mass is 593 g/mol. The van der Waals surface area contributed by atoms with Crippen LogP contribution in [0.15, 0.2) is 79.1 Å². The Kier molecular flexibility index (Phi) is 6.90. The molecule has 2 saturated heterocycles. The lowest BCUT2D eigenvalue weighted by Gasteiger charge is -2.54. The Labute approximate surface area is 251 Å². The number of carbonyl (C=O) groups is 2. The minimum Gasteiger partial charge on any atom is -0.495 e. The zero-order valence-corrected chi connectivity index (χ0v) is 23.8. The molecular weight excluding hydrogens is 565 g/mol. The zero-order valence-electron chi connectivity index (χ0n) is 23.8. The van der Waals surface area contributed by atoms with Gasteiger partial charge >= 0.3 is 0 Å². The van der Waals surface area contributed by atoms with E-state index >= 15 is 0 Å². The Morgan fingerprint density at radius 2 is 1.82 bits per heavy atom. The average molecular weight is 594 g/mol. The first-order valence-corrected chi connectivity index (χ1v) is 14.1. The van der Waals surface area contributed by atoms with Gasteiger partial charge in [0.25, 0.3) is 11.8 Å². The van der Waals surface area contributed by atoms with Crippen molar-refractivity contribution in [2.45, 2.75) is 6.54 Å². The highest BCUT2D eigenvalue weighted by atomic mass is 19.1. The van der Waals surface area contributed by atoms with E-state index in [-0.39, 0.29) is 35.3 Å². The van der Waals surface area contributed by atoms with E-state index in [4.69, 9.17) is 9.47 Å². The van der Waals surface area contributed by atoms with Crippen LogP contribution in [0.25, 0.3) is 16.8 Å². The van der Waals surface area contributed by atoms with Crippen molar-refractivity contribution in [3.8, 4) is 16.9 Å². The molecule has 3 aromatic heterocycles. The lowest BCUT2D eigenvalue weighted by molar-refractivity contribution is -0.176. The van der Waals surface area contributed by atoms with Gasteiger partial charge in [-0.1, -0.05) is 18.2 Å². The van der Waals surface area contributed by atoms with E-state index in [0.29, 0.717) is 28.6 Å². The van der Waals surface area contributed by atoms with Gasteiger partial charge < -0.3 is 25.0 Å². The molecule has 44 heavy (non-hydrogen) atoms. The number of hydrogen-bond donors (Lipinski definition) is 2. The number of rotatable bonds is 8. The van der Waals surface area contributed by atoms with Crippen molar-refractivity contribution in [2.75, 3.05) is 38.7 Å². The molecule has 0 bridgehead atoms. The van der Waals surface area contributed by atoms with Crippen molar-refractivity contribution < 1.29 is 23.5 Å². The van der Waals surface area contributed by atoms with Crippen LogP contribution < -0.4 is 15.4 Å². The molecule has 0 aliphatic carbocycles. The molecule has 0 atom stereocenters. The van der Waals surface area contributed by atoms with Crippen LogP contribution in [0.4, 0.5) is 16.0 Å². The third-order valence-electron chi connectivity index (χ3n) is 7.88. The highest BCUT2D eigenvalue weighted by molar-refractivity contribution is 5.96. The highest BCUT2D eigenvalue weighted by Crippen LogP contribution is 2.39. The normalized spacial score (nSPS) is 15.0. The summed E-state index contributed by atoms with van der Waals surface area (Å²) in [5, 5.41) is 10.5. The van der Waals surface area contributed by atoms with Crippen molar-refractivity contribution in [3.05, 3.63) is 102 Å². The van der Waals surface area contributed by atoms with Gasteiger partial charge in [0.2, 0.25) is 5.95 Å². The predicted octanol–water partition coefficient (Wildman–Crippen LogP) is 4.09. The van der Waals surface area contributed by atoms with Gasteiger partial charge in [0, 0.05) is 48.7 Å². The molecule has 2 aliphatic rings. The van der Waals surface area contributed by atoms with E-state index in [0.717, 1.165) is 43.0 Å². The summed E-state index contributed by atoms with van der Waals surface area (Å²) in [6, 6.07) is 18.4. The number of anilines is 2. The SMILES string of the molecule is COc1cc(C(=O)N2CC3(COC3)C2)ccc1Nc1nc2ccc(-c3ccc(C(=O)NCc4ccc(F)cc4)nc3)cn2n1. The van der Waals surface area contributed by atoms with Crippen LogP contribution in [0, 0.1) is 11.2 Å². The van der Waals surface area contributed by atoms with Crippen molar-refractivity contribution in [1.29, 1.82) is 0 Å². The number of likely N-dealkylation sites (tertiary alicyclic amines) is 1. The van der Waals surface area contributed by atoms with Crippen LogP contribution in [-0.2, 0) is 11.3 Å². The smallest absolute Gasteiger partial charge is 0.270 e. The van der Waals surface area contributed by atoms with E-state index in [1.54, 1.807) is 54.2 Å². The third kappa shape index (κ3) is 5.31. The first-order chi connectivity index (χ1) is 21.4. The van der Waals surface area contributed by atoms with E-state index in [9.17, 15) is 14.0 Å². The minimum absolute atomic E-state index is 0.0288. The Morgan fingerprint density at radius 3 is 2.52 bits per heavy atom. The number of hydrogen-bond acceptors (Lipinski definition) is 8. The summed E-state index contributed by atoms with van der Waals surface area (Å²) in [6.45, 7) is 3.15. The molecular formula is C32H28FN7O4. The Hall–Kier alpha value is -5.36. The summed E-state index contributed by atoms with van der Waals surface area (Å²) in [4.78, 5) is 36.2. The van der Waals surface area contributed by atoms with Gasteiger partial charge in [-0.15, -0.1) is 5.10 Å². The quantitative estimate of drug-likeness (QED) is 0.276. The molecule has 0 radical (unpaired) electrons. The number of methoxy groups -OCH3 is 1. The molecule has 0 saturated carbocycles. The van der Waals surface area contributed by atoms with E-state index in [2.05, 4.69) is 25.7 Å². The summed E-state index contributed by atoms with van der Waals surface area (Å²) in [6.07, 6.45) is 3.45.